The topological polar surface area (TPSA) is 117 Å². The lowest BCUT2D eigenvalue weighted by Gasteiger charge is -2.33. The molecule has 1 aliphatic rings. The first kappa shape index (κ1) is 20.3. The van der Waals surface area contributed by atoms with Gasteiger partial charge in [-0.15, -0.1) is 21.5 Å². The van der Waals surface area contributed by atoms with Gasteiger partial charge in [-0.2, -0.15) is 0 Å². The zero-order valence-electron chi connectivity index (χ0n) is 15.8. The number of hydrogen-bond acceptors (Lipinski definition) is 7. The number of carbonyl (C=O) groups excluding carboxylic acids is 2. The predicted molar refractivity (Wildman–Crippen MR) is 105 cm³/mol. The Kier molecular flexibility index (Phi) is 7.05. The van der Waals surface area contributed by atoms with Crippen LogP contribution in [0.15, 0.2) is 24.5 Å². The van der Waals surface area contributed by atoms with Gasteiger partial charge >= 0.3 is 0 Å². The first-order valence-electron chi connectivity index (χ1n) is 9.44. The molecule has 0 aromatic carbocycles. The summed E-state index contributed by atoms with van der Waals surface area (Å²) in [5.74, 6) is -0.439. The molecule has 150 valence electrons. The number of aliphatic hydroxyl groups is 1. The van der Waals surface area contributed by atoms with E-state index in [9.17, 15) is 14.7 Å². The summed E-state index contributed by atoms with van der Waals surface area (Å²) in [6.45, 7) is 2.40. The molecule has 2 heterocycles. The standard InChI is InChI=1S/C19H25N5O3S/c1-12-23-24-18(28-12)6-8-21-19(27)14-4-5-15(16(25)10-14)22-17(26)9-13-3-2-7-20-11-13/h2-3,7,11,14-16,25H,4-6,8-10H2,1H3,(H,21,27)(H,22,26)/t14-,15-,16-/m0/s1. The fourth-order valence-electron chi connectivity index (χ4n) is 3.37. The van der Waals surface area contributed by atoms with Gasteiger partial charge in [0.1, 0.15) is 10.0 Å². The highest BCUT2D eigenvalue weighted by atomic mass is 32.1. The smallest absolute Gasteiger partial charge is 0.224 e. The Bertz CT molecular complexity index is 798. The fourth-order valence-corrected chi connectivity index (χ4v) is 4.08. The summed E-state index contributed by atoms with van der Waals surface area (Å²) in [5, 5.41) is 26.0. The third kappa shape index (κ3) is 5.80. The van der Waals surface area contributed by atoms with Crippen molar-refractivity contribution in [3.8, 4) is 0 Å². The maximum atomic E-state index is 12.4. The van der Waals surface area contributed by atoms with Gasteiger partial charge < -0.3 is 15.7 Å². The van der Waals surface area contributed by atoms with Crippen LogP contribution in [0.3, 0.4) is 0 Å². The molecular weight excluding hydrogens is 378 g/mol. The average Bonchev–Trinajstić information content (AvgIpc) is 3.09. The Morgan fingerprint density at radius 2 is 2.18 bits per heavy atom. The minimum atomic E-state index is -0.729. The maximum absolute atomic E-state index is 12.4. The largest absolute Gasteiger partial charge is 0.391 e. The lowest BCUT2D eigenvalue weighted by atomic mass is 9.83. The van der Waals surface area contributed by atoms with Gasteiger partial charge in [-0.3, -0.25) is 14.6 Å². The molecule has 2 amide bonds. The third-order valence-electron chi connectivity index (χ3n) is 4.83. The van der Waals surface area contributed by atoms with Crippen LogP contribution in [0.2, 0.25) is 0 Å². The number of nitrogens with one attached hydrogen (secondary N) is 2. The van der Waals surface area contributed by atoms with E-state index in [0.29, 0.717) is 32.2 Å². The van der Waals surface area contributed by atoms with E-state index in [4.69, 9.17) is 0 Å². The molecule has 9 heteroatoms. The molecule has 2 aromatic rings. The van der Waals surface area contributed by atoms with Crippen molar-refractivity contribution in [2.45, 2.75) is 51.2 Å². The zero-order chi connectivity index (χ0) is 19.9. The summed E-state index contributed by atoms with van der Waals surface area (Å²) in [5.41, 5.74) is 0.827. The van der Waals surface area contributed by atoms with Crippen LogP contribution >= 0.6 is 11.3 Å². The monoisotopic (exact) mass is 403 g/mol. The second-order valence-electron chi connectivity index (χ2n) is 7.05. The summed E-state index contributed by atoms with van der Waals surface area (Å²) in [7, 11) is 0. The second-order valence-corrected chi connectivity index (χ2v) is 8.31. The number of rotatable bonds is 7. The van der Waals surface area contributed by atoms with Gasteiger partial charge in [0.2, 0.25) is 11.8 Å². The van der Waals surface area contributed by atoms with Crippen molar-refractivity contribution in [2.75, 3.05) is 6.54 Å². The molecule has 0 aliphatic heterocycles. The second kappa shape index (κ2) is 9.70. The lowest BCUT2D eigenvalue weighted by molar-refractivity contribution is -0.128. The summed E-state index contributed by atoms with van der Waals surface area (Å²) in [4.78, 5) is 28.5. The Balaban J connectivity index is 1.40. The highest BCUT2D eigenvalue weighted by Crippen LogP contribution is 2.25. The maximum Gasteiger partial charge on any atom is 0.224 e. The van der Waals surface area contributed by atoms with Crippen molar-refractivity contribution in [1.82, 2.24) is 25.8 Å². The Morgan fingerprint density at radius 3 is 2.86 bits per heavy atom. The Hall–Kier alpha value is -2.39. The molecule has 1 aliphatic carbocycles. The molecule has 0 saturated heterocycles. The van der Waals surface area contributed by atoms with Crippen LogP contribution in [0.1, 0.15) is 34.8 Å². The van der Waals surface area contributed by atoms with E-state index in [1.54, 1.807) is 18.5 Å². The van der Waals surface area contributed by atoms with Crippen molar-refractivity contribution in [2.24, 2.45) is 5.92 Å². The van der Waals surface area contributed by atoms with E-state index in [-0.39, 0.29) is 30.2 Å². The molecule has 0 bridgehead atoms. The molecule has 3 N–H and O–H groups in total. The SMILES string of the molecule is Cc1nnc(CCNC(=O)[C@H]2CC[C@H](NC(=O)Cc3cccnc3)[C@@H](O)C2)s1. The molecule has 0 unspecified atom stereocenters. The lowest BCUT2D eigenvalue weighted by Crippen LogP contribution is -2.49. The number of nitrogens with zero attached hydrogens (tertiary/aromatic N) is 3. The number of pyridine rings is 1. The van der Waals surface area contributed by atoms with Crippen molar-refractivity contribution >= 4 is 23.2 Å². The minimum Gasteiger partial charge on any atom is -0.391 e. The van der Waals surface area contributed by atoms with E-state index >= 15 is 0 Å². The number of aromatic nitrogens is 3. The number of amides is 2. The van der Waals surface area contributed by atoms with Gasteiger partial charge in [0.25, 0.3) is 0 Å². The van der Waals surface area contributed by atoms with E-state index < -0.39 is 6.10 Å². The van der Waals surface area contributed by atoms with E-state index in [0.717, 1.165) is 15.6 Å². The molecule has 3 rings (SSSR count). The van der Waals surface area contributed by atoms with Crippen molar-refractivity contribution < 1.29 is 14.7 Å². The number of hydrogen-bond donors (Lipinski definition) is 3. The molecule has 1 saturated carbocycles. The highest BCUT2D eigenvalue weighted by Gasteiger charge is 2.33. The first-order chi connectivity index (χ1) is 13.5. The van der Waals surface area contributed by atoms with Crippen LogP contribution in [-0.4, -0.2) is 50.8 Å². The van der Waals surface area contributed by atoms with Crippen LogP contribution in [0.5, 0.6) is 0 Å². The van der Waals surface area contributed by atoms with Gasteiger partial charge in [0.05, 0.1) is 18.6 Å². The van der Waals surface area contributed by atoms with E-state index in [1.807, 2.05) is 13.0 Å². The molecular formula is C19H25N5O3S. The number of carbonyl (C=O) groups is 2. The molecule has 1 fully saturated rings. The molecule has 28 heavy (non-hydrogen) atoms. The molecule has 3 atom stereocenters. The Morgan fingerprint density at radius 1 is 1.32 bits per heavy atom. The van der Waals surface area contributed by atoms with Crippen LogP contribution < -0.4 is 10.6 Å². The molecule has 0 spiro atoms. The van der Waals surface area contributed by atoms with Gasteiger partial charge in [-0.1, -0.05) is 6.07 Å². The van der Waals surface area contributed by atoms with Crippen molar-refractivity contribution in [3.63, 3.8) is 0 Å². The molecule has 2 aromatic heterocycles. The average molecular weight is 404 g/mol. The van der Waals surface area contributed by atoms with E-state index in [2.05, 4.69) is 25.8 Å². The summed E-state index contributed by atoms with van der Waals surface area (Å²) < 4.78 is 0. The van der Waals surface area contributed by atoms with Crippen LogP contribution in [0, 0.1) is 12.8 Å². The van der Waals surface area contributed by atoms with Crippen molar-refractivity contribution in [3.05, 3.63) is 40.1 Å². The van der Waals surface area contributed by atoms with Crippen LogP contribution in [-0.2, 0) is 22.4 Å². The number of aliphatic hydroxyl groups excluding tert-OH is 1. The Labute approximate surface area is 167 Å². The fraction of sp³-hybridized carbons (Fsp3) is 0.526. The van der Waals surface area contributed by atoms with Gasteiger partial charge in [-0.05, 0) is 37.8 Å². The quantitative estimate of drug-likeness (QED) is 0.629. The molecule has 0 radical (unpaired) electrons. The van der Waals surface area contributed by atoms with Crippen molar-refractivity contribution in [1.29, 1.82) is 0 Å². The predicted octanol–water partition coefficient (Wildman–Crippen LogP) is 0.789. The van der Waals surface area contributed by atoms with Gasteiger partial charge in [0.15, 0.2) is 0 Å². The minimum absolute atomic E-state index is 0.0552. The summed E-state index contributed by atoms with van der Waals surface area (Å²) in [6.07, 6.45) is 5.03. The van der Waals surface area contributed by atoms with Crippen LogP contribution in [0.25, 0.3) is 0 Å². The molecule has 8 nitrogen and oxygen atoms in total. The highest BCUT2D eigenvalue weighted by molar-refractivity contribution is 7.11. The number of aryl methyl sites for hydroxylation is 1. The van der Waals surface area contributed by atoms with Crippen LogP contribution in [0.4, 0.5) is 0 Å². The summed E-state index contributed by atoms with van der Waals surface area (Å²) in [6, 6.07) is 3.30. The third-order valence-corrected chi connectivity index (χ3v) is 5.73. The van der Waals surface area contributed by atoms with E-state index in [1.165, 1.54) is 11.3 Å². The summed E-state index contributed by atoms with van der Waals surface area (Å²) >= 11 is 1.52. The van der Waals surface area contributed by atoms with Gasteiger partial charge in [-0.25, -0.2) is 0 Å². The normalized spacial score (nSPS) is 21.9. The van der Waals surface area contributed by atoms with Gasteiger partial charge in [0, 0.05) is 31.3 Å². The first-order valence-corrected chi connectivity index (χ1v) is 10.3. The zero-order valence-corrected chi connectivity index (χ0v) is 16.6.